The van der Waals surface area contributed by atoms with E-state index in [0.717, 1.165) is 55.7 Å². The minimum atomic E-state index is -3.83. The van der Waals surface area contributed by atoms with E-state index < -0.39 is 16.2 Å². The summed E-state index contributed by atoms with van der Waals surface area (Å²) in [5.41, 5.74) is 5.62. The Morgan fingerprint density at radius 1 is 1.07 bits per heavy atom. The van der Waals surface area contributed by atoms with Gasteiger partial charge in [-0.05, 0) is 93.1 Å². The van der Waals surface area contributed by atoms with Crippen LogP contribution in [0, 0.1) is 0 Å². The van der Waals surface area contributed by atoms with Crippen molar-refractivity contribution < 1.29 is 8.42 Å². The summed E-state index contributed by atoms with van der Waals surface area (Å²) in [5, 5.41) is 7.46. The number of rotatable bonds is 6. The van der Waals surface area contributed by atoms with E-state index in [1.54, 1.807) is 29.9 Å². The minimum absolute atomic E-state index is 0.237. The van der Waals surface area contributed by atoms with Crippen molar-refractivity contribution in [3.63, 3.8) is 0 Å². The zero-order valence-electron chi connectivity index (χ0n) is 26.0. The molecule has 0 radical (unpaired) electrons. The molecule has 0 saturated carbocycles. The van der Waals surface area contributed by atoms with Gasteiger partial charge in [-0.1, -0.05) is 23.8 Å². The van der Waals surface area contributed by atoms with Gasteiger partial charge in [0.25, 0.3) is 5.56 Å². The van der Waals surface area contributed by atoms with Crippen LogP contribution in [0.2, 0.25) is 0 Å². The first-order valence-electron chi connectivity index (χ1n) is 15.7. The maximum absolute atomic E-state index is 14.4. The molecule has 2 aromatic carbocycles. The Balaban J connectivity index is 1.29. The van der Waals surface area contributed by atoms with Crippen LogP contribution in [0.5, 0.6) is 0 Å². The molecule has 0 amide bonds. The largest absolute Gasteiger partial charge is 0.370 e. The second-order valence-electron chi connectivity index (χ2n) is 12.4. The first kappa shape index (κ1) is 29.6. The third-order valence-corrected chi connectivity index (χ3v) is 11.6. The van der Waals surface area contributed by atoms with E-state index in [9.17, 15) is 13.2 Å². The molecule has 2 atom stereocenters. The lowest BCUT2D eigenvalue weighted by Gasteiger charge is -2.35. The van der Waals surface area contributed by atoms with Gasteiger partial charge in [0.05, 0.1) is 4.90 Å². The second kappa shape index (κ2) is 11.7. The Morgan fingerprint density at radius 2 is 1.87 bits per heavy atom. The summed E-state index contributed by atoms with van der Waals surface area (Å²) in [6.45, 7) is 4.12. The van der Waals surface area contributed by atoms with Crippen molar-refractivity contribution in [1.82, 2.24) is 24.2 Å². The first-order chi connectivity index (χ1) is 21.7. The third-order valence-electron chi connectivity index (χ3n) is 9.69. The summed E-state index contributed by atoms with van der Waals surface area (Å²) in [5.74, 6) is 0.332. The molecule has 7 rings (SSSR count). The van der Waals surface area contributed by atoms with E-state index in [1.807, 2.05) is 30.3 Å². The van der Waals surface area contributed by atoms with Crippen molar-refractivity contribution in [2.45, 2.75) is 62.6 Å². The standard InChI is InChI=1S/C34H39N7O3S/c1-22-8-6-11-28(22)29-18-24-20-36-34(37-25-13-15-26(16-14-25)39(2)27-10-7-17-35-21-27)38-32(24)41(33(29)42)31-19-23-9-4-5-12-30(23)45(43,44)40(31)3/h4-5,9,12-16,18,20,27,31,35H,6-8,10-11,17,19,21H2,1-3H3,(H,36,37,38). The number of sulfonamides is 1. The van der Waals surface area contributed by atoms with Gasteiger partial charge in [-0.25, -0.2) is 13.4 Å². The van der Waals surface area contributed by atoms with E-state index in [4.69, 9.17) is 4.98 Å². The number of nitrogens with one attached hydrogen (secondary N) is 2. The fourth-order valence-electron chi connectivity index (χ4n) is 7.03. The predicted molar refractivity (Wildman–Crippen MR) is 178 cm³/mol. The number of nitrogens with zero attached hydrogens (tertiary/aromatic N) is 5. The van der Waals surface area contributed by atoms with Crippen molar-refractivity contribution in [2.75, 3.05) is 37.4 Å². The van der Waals surface area contributed by atoms with E-state index in [-0.39, 0.29) is 10.5 Å². The fraction of sp³-hybridized carbons (Fsp3) is 0.382. The number of piperidine rings is 1. The lowest BCUT2D eigenvalue weighted by atomic mass is 10.0. The Hall–Kier alpha value is -4.06. The molecule has 10 nitrogen and oxygen atoms in total. The SMILES string of the molecule is CC1=C(c2cc3cnc(Nc4ccc(N(C)C5CCCNC5)cc4)nc3n(C3Cc4ccccc4S(=O)(=O)N3C)c2=O)CCC1. The van der Waals surface area contributed by atoms with E-state index in [0.29, 0.717) is 40.6 Å². The number of hydrogen-bond acceptors (Lipinski definition) is 8. The quantitative estimate of drug-likeness (QED) is 0.306. The van der Waals surface area contributed by atoms with E-state index >= 15 is 0 Å². The van der Waals surface area contributed by atoms with Crippen molar-refractivity contribution in [1.29, 1.82) is 0 Å². The maximum atomic E-state index is 14.4. The normalized spacial score (nSPS) is 21.6. The van der Waals surface area contributed by atoms with Gasteiger partial charge < -0.3 is 15.5 Å². The molecular formula is C34H39N7O3S. The third kappa shape index (κ3) is 5.32. The topological polar surface area (TPSA) is 112 Å². The molecular weight excluding hydrogens is 586 g/mol. The zero-order chi connectivity index (χ0) is 31.3. The predicted octanol–water partition coefficient (Wildman–Crippen LogP) is 5.06. The highest BCUT2D eigenvalue weighted by Gasteiger charge is 2.38. The smallest absolute Gasteiger partial charge is 0.261 e. The number of likely N-dealkylation sites (N-methyl/N-ethyl adjacent to an activating group) is 2. The summed E-state index contributed by atoms with van der Waals surface area (Å²) < 4.78 is 30.2. The average Bonchev–Trinajstić information content (AvgIpc) is 3.49. The lowest BCUT2D eigenvalue weighted by Crippen LogP contribution is -2.44. The molecule has 2 aromatic heterocycles. The molecule has 4 heterocycles. The summed E-state index contributed by atoms with van der Waals surface area (Å²) in [6, 6.07) is 17.5. The Morgan fingerprint density at radius 3 is 2.60 bits per heavy atom. The van der Waals surface area contributed by atoms with Crippen molar-refractivity contribution >= 4 is 44.0 Å². The van der Waals surface area contributed by atoms with Crippen LogP contribution < -0.4 is 21.1 Å². The van der Waals surface area contributed by atoms with E-state index in [2.05, 4.69) is 46.6 Å². The molecule has 2 aliphatic heterocycles. The Bertz CT molecular complexity index is 1960. The van der Waals surface area contributed by atoms with Crippen LogP contribution in [-0.2, 0) is 16.4 Å². The summed E-state index contributed by atoms with van der Waals surface area (Å²) in [6.07, 6.45) is 6.38. The monoisotopic (exact) mass is 625 g/mol. The van der Waals surface area contributed by atoms with Crippen LogP contribution >= 0.6 is 0 Å². The average molecular weight is 626 g/mol. The molecule has 45 heavy (non-hydrogen) atoms. The molecule has 3 aliphatic rings. The number of benzene rings is 2. The fourth-order valence-corrected chi connectivity index (χ4v) is 8.57. The van der Waals surface area contributed by atoms with Gasteiger partial charge in [0.2, 0.25) is 16.0 Å². The van der Waals surface area contributed by atoms with Crippen LogP contribution in [0.25, 0.3) is 16.6 Å². The van der Waals surface area contributed by atoms with Crippen LogP contribution in [0.4, 0.5) is 17.3 Å². The maximum Gasteiger partial charge on any atom is 0.261 e. The van der Waals surface area contributed by atoms with Crippen LogP contribution in [0.1, 0.15) is 56.3 Å². The van der Waals surface area contributed by atoms with Gasteiger partial charge in [-0.15, -0.1) is 0 Å². The van der Waals surface area contributed by atoms with Crippen LogP contribution in [0.15, 0.2) is 76.1 Å². The van der Waals surface area contributed by atoms with Gasteiger partial charge in [-0.2, -0.15) is 9.29 Å². The van der Waals surface area contributed by atoms with E-state index in [1.165, 1.54) is 16.3 Å². The number of anilines is 3. The van der Waals surface area contributed by atoms with Gasteiger partial charge in [0.1, 0.15) is 11.8 Å². The first-order valence-corrected chi connectivity index (χ1v) is 17.1. The number of fused-ring (bicyclic) bond motifs is 2. The van der Waals surface area contributed by atoms with Crippen molar-refractivity contribution in [3.8, 4) is 0 Å². The van der Waals surface area contributed by atoms with Crippen LogP contribution in [-0.4, -0.2) is 60.5 Å². The lowest BCUT2D eigenvalue weighted by molar-refractivity contribution is 0.271. The van der Waals surface area contributed by atoms with Gasteiger partial charge in [0.15, 0.2) is 0 Å². The second-order valence-corrected chi connectivity index (χ2v) is 14.4. The molecule has 1 aliphatic carbocycles. The number of pyridine rings is 1. The highest BCUT2D eigenvalue weighted by atomic mass is 32.2. The van der Waals surface area contributed by atoms with Gasteiger partial charge >= 0.3 is 0 Å². The molecule has 2 N–H and O–H groups in total. The minimum Gasteiger partial charge on any atom is -0.370 e. The van der Waals surface area contributed by atoms with Crippen LogP contribution in [0.3, 0.4) is 0 Å². The van der Waals surface area contributed by atoms with Crippen molar-refractivity contribution in [2.24, 2.45) is 0 Å². The zero-order valence-corrected chi connectivity index (χ0v) is 26.8. The van der Waals surface area contributed by atoms with Crippen molar-refractivity contribution in [3.05, 3.63) is 87.8 Å². The number of hydrogen-bond donors (Lipinski definition) is 2. The Labute approximate surface area is 263 Å². The number of allylic oxidation sites excluding steroid dienone is 2. The molecule has 234 valence electrons. The highest BCUT2D eigenvalue weighted by Crippen LogP contribution is 2.37. The summed E-state index contributed by atoms with van der Waals surface area (Å²) >= 11 is 0. The van der Waals surface area contributed by atoms with Gasteiger partial charge in [-0.3, -0.25) is 9.36 Å². The summed E-state index contributed by atoms with van der Waals surface area (Å²) in [7, 11) is -0.156. The molecule has 0 bridgehead atoms. The Kier molecular flexibility index (Phi) is 7.71. The molecule has 4 aromatic rings. The van der Waals surface area contributed by atoms with Gasteiger partial charge in [0, 0.05) is 61.6 Å². The molecule has 1 saturated heterocycles. The highest BCUT2D eigenvalue weighted by molar-refractivity contribution is 7.89. The number of aromatic nitrogens is 3. The molecule has 11 heteroatoms. The summed E-state index contributed by atoms with van der Waals surface area (Å²) in [4.78, 5) is 26.5. The molecule has 0 spiro atoms. The molecule has 2 unspecified atom stereocenters. The molecule has 1 fully saturated rings.